The number of rotatable bonds is 7. The van der Waals surface area contributed by atoms with Crippen LogP contribution >= 0.6 is 11.3 Å². The monoisotopic (exact) mass is 475 g/mol. The van der Waals surface area contributed by atoms with E-state index in [1.54, 1.807) is 23.5 Å². The third-order valence-corrected chi connectivity index (χ3v) is 6.87. The van der Waals surface area contributed by atoms with Crippen LogP contribution in [0.5, 0.6) is 0 Å². The zero-order valence-corrected chi connectivity index (χ0v) is 19.7. The predicted molar refractivity (Wildman–Crippen MR) is 128 cm³/mol. The molecule has 8 nitrogen and oxygen atoms in total. The number of fused-ring (bicyclic) bond motifs is 1. The molecule has 0 aliphatic carbocycles. The number of hydrogen-bond donors (Lipinski definition) is 1. The van der Waals surface area contributed by atoms with Crippen LogP contribution in [0.2, 0.25) is 0 Å². The van der Waals surface area contributed by atoms with Gasteiger partial charge in [0.25, 0.3) is 0 Å². The molecule has 4 rings (SSSR count). The number of carbonyl (C=O) groups is 2. The van der Waals surface area contributed by atoms with E-state index in [4.69, 9.17) is 4.74 Å². The summed E-state index contributed by atoms with van der Waals surface area (Å²) in [4.78, 5) is 36.1. The number of carbonyl (C=O) groups excluding carboxylic acids is 2. The maximum absolute atomic E-state index is 12.7. The number of amides is 2. The molecule has 4 heterocycles. The molecule has 0 radical (unpaired) electrons. The van der Waals surface area contributed by atoms with Gasteiger partial charge in [-0.15, -0.1) is 11.3 Å². The Hall–Kier alpha value is -3.77. The highest BCUT2D eigenvalue weighted by Crippen LogP contribution is 2.37. The van der Waals surface area contributed by atoms with Crippen molar-refractivity contribution in [2.75, 3.05) is 18.5 Å². The van der Waals surface area contributed by atoms with Gasteiger partial charge in [0.15, 0.2) is 0 Å². The van der Waals surface area contributed by atoms with E-state index >= 15 is 0 Å². The SMILES string of the molecule is C[C@@H](CC(=O)Nc1sc2c(c1C#N)CCN(C(=O)OCCc1ccccn1)C2)c1cccnc1. The van der Waals surface area contributed by atoms with E-state index in [1.807, 2.05) is 37.3 Å². The highest BCUT2D eigenvalue weighted by atomic mass is 32.1. The first-order chi connectivity index (χ1) is 16.5. The van der Waals surface area contributed by atoms with E-state index in [0.29, 0.717) is 36.5 Å². The molecule has 1 aliphatic rings. The summed E-state index contributed by atoms with van der Waals surface area (Å²) in [5, 5.41) is 13.2. The average molecular weight is 476 g/mol. The highest BCUT2D eigenvalue weighted by molar-refractivity contribution is 7.16. The van der Waals surface area contributed by atoms with Crippen LogP contribution in [-0.2, 0) is 28.9 Å². The molecule has 0 saturated carbocycles. The first kappa shape index (κ1) is 23.4. The Labute approximate surface area is 202 Å². The fourth-order valence-corrected chi connectivity index (χ4v) is 5.12. The molecule has 0 bridgehead atoms. The van der Waals surface area contributed by atoms with E-state index in [9.17, 15) is 14.9 Å². The molecule has 0 aromatic carbocycles. The van der Waals surface area contributed by atoms with Crippen LogP contribution in [0.15, 0.2) is 48.9 Å². The Morgan fingerprint density at radius 2 is 2.18 bits per heavy atom. The number of hydrogen-bond acceptors (Lipinski definition) is 7. The van der Waals surface area contributed by atoms with E-state index in [-0.39, 0.29) is 30.9 Å². The van der Waals surface area contributed by atoms with Gasteiger partial charge in [-0.25, -0.2) is 4.79 Å². The molecule has 0 saturated heterocycles. The van der Waals surface area contributed by atoms with Gasteiger partial charge in [0, 0.05) is 48.5 Å². The van der Waals surface area contributed by atoms with Gasteiger partial charge in [0.05, 0.1) is 18.7 Å². The number of nitrogens with zero attached hydrogens (tertiary/aromatic N) is 4. The van der Waals surface area contributed by atoms with Gasteiger partial charge in [0.2, 0.25) is 5.91 Å². The number of nitrogens with one attached hydrogen (secondary N) is 1. The van der Waals surface area contributed by atoms with Gasteiger partial charge in [-0.3, -0.25) is 14.8 Å². The van der Waals surface area contributed by atoms with Crippen molar-refractivity contribution in [1.29, 1.82) is 5.26 Å². The lowest BCUT2D eigenvalue weighted by Gasteiger charge is -2.26. The van der Waals surface area contributed by atoms with Crippen LogP contribution in [0.25, 0.3) is 0 Å². The van der Waals surface area contributed by atoms with Crippen molar-refractivity contribution in [3.63, 3.8) is 0 Å². The average Bonchev–Trinajstić information content (AvgIpc) is 3.20. The van der Waals surface area contributed by atoms with E-state index < -0.39 is 0 Å². The van der Waals surface area contributed by atoms with Gasteiger partial charge < -0.3 is 15.0 Å². The molecule has 1 N–H and O–H groups in total. The van der Waals surface area contributed by atoms with Crippen LogP contribution in [0.1, 0.15) is 46.5 Å². The number of nitriles is 1. The molecule has 1 atom stereocenters. The Balaban J connectivity index is 1.35. The van der Waals surface area contributed by atoms with Crippen molar-refractivity contribution in [3.8, 4) is 6.07 Å². The van der Waals surface area contributed by atoms with Crippen molar-refractivity contribution >= 4 is 28.3 Å². The van der Waals surface area contributed by atoms with Crippen LogP contribution in [-0.4, -0.2) is 40.0 Å². The molecule has 34 heavy (non-hydrogen) atoms. The second kappa shape index (κ2) is 10.9. The minimum atomic E-state index is -0.385. The van der Waals surface area contributed by atoms with Crippen LogP contribution in [0.4, 0.5) is 9.80 Å². The van der Waals surface area contributed by atoms with Crippen molar-refractivity contribution in [1.82, 2.24) is 14.9 Å². The molecule has 3 aromatic rings. The maximum atomic E-state index is 12.7. The number of ether oxygens (including phenoxy) is 1. The molecule has 0 fully saturated rings. The van der Waals surface area contributed by atoms with E-state index in [0.717, 1.165) is 21.7 Å². The van der Waals surface area contributed by atoms with Gasteiger partial charge in [-0.1, -0.05) is 19.1 Å². The molecule has 0 spiro atoms. The molecular weight excluding hydrogens is 450 g/mol. The maximum Gasteiger partial charge on any atom is 0.410 e. The molecule has 174 valence electrons. The number of thiophene rings is 1. The Morgan fingerprint density at radius 1 is 1.29 bits per heavy atom. The van der Waals surface area contributed by atoms with Crippen molar-refractivity contribution in [2.45, 2.75) is 38.6 Å². The van der Waals surface area contributed by atoms with Crippen LogP contribution in [0, 0.1) is 11.3 Å². The summed E-state index contributed by atoms with van der Waals surface area (Å²) in [6.07, 6.45) is 6.17. The summed E-state index contributed by atoms with van der Waals surface area (Å²) in [5.41, 5.74) is 3.25. The fourth-order valence-electron chi connectivity index (χ4n) is 3.89. The predicted octanol–water partition coefficient (Wildman–Crippen LogP) is 4.28. The topological polar surface area (TPSA) is 108 Å². The summed E-state index contributed by atoms with van der Waals surface area (Å²) in [5.74, 6) is -0.151. The summed E-state index contributed by atoms with van der Waals surface area (Å²) < 4.78 is 5.43. The lowest BCUT2D eigenvalue weighted by molar-refractivity contribution is -0.116. The van der Waals surface area contributed by atoms with Crippen molar-refractivity contribution < 1.29 is 14.3 Å². The van der Waals surface area contributed by atoms with Gasteiger partial charge in [-0.05, 0) is 41.7 Å². The number of anilines is 1. The van der Waals surface area contributed by atoms with Crippen LogP contribution in [0.3, 0.4) is 0 Å². The zero-order chi connectivity index (χ0) is 23.9. The highest BCUT2D eigenvalue weighted by Gasteiger charge is 2.28. The third-order valence-electron chi connectivity index (χ3n) is 5.73. The Kier molecular flexibility index (Phi) is 7.50. The third kappa shape index (κ3) is 5.58. The molecule has 2 amide bonds. The first-order valence-electron chi connectivity index (χ1n) is 11.1. The lowest BCUT2D eigenvalue weighted by atomic mass is 9.99. The van der Waals surface area contributed by atoms with Crippen molar-refractivity contribution in [3.05, 3.63) is 76.2 Å². The minimum absolute atomic E-state index is 0.00479. The summed E-state index contributed by atoms with van der Waals surface area (Å²) in [6.45, 7) is 3.05. The Morgan fingerprint density at radius 3 is 2.91 bits per heavy atom. The molecule has 0 unspecified atom stereocenters. The quantitative estimate of drug-likeness (QED) is 0.546. The zero-order valence-electron chi connectivity index (χ0n) is 18.9. The second-order valence-electron chi connectivity index (χ2n) is 8.12. The first-order valence-corrected chi connectivity index (χ1v) is 11.9. The van der Waals surface area contributed by atoms with Gasteiger partial charge >= 0.3 is 6.09 Å². The van der Waals surface area contributed by atoms with Gasteiger partial charge in [0.1, 0.15) is 11.1 Å². The summed E-state index contributed by atoms with van der Waals surface area (Å²) in [7, 11) is 0. The van der Waals surface area contributed by atoms with E-state index in [1.165, 1.54) is 11.3 Å². The molecular formula is C25H25N5O3S. The molecule has 3 aromatic heterocycles. The lowest BCUT2D eigenvalue weighted by Crippen LogP contribution is -2.36. The molecule has 9 heteroatoms. The summed E-state index contributed by atoms with van der Waals surface area (Å²) >= 11 is 1.35. The van der Waals surface area contributed by atoms with Gasteiger partial charge in [-0.2, -0.15) is 5.26 Å². The number of aromatic nitrogens is 2. The smallest absolute Gasteiger partial charge is 0.410 e. The minimum Gasteiger partial charge on any atom is -0.449 e. The summed E-state index contributed by atoms with van der Waals surface area (Å²) in [6, 6.07) is 11.7. The largest absolute Gasteiger partial charge is 0.449 e. The normalized spacial score (nSPS) is 13.5. The number of pyridine rings is 2. The van der Waals surface area contributed by atoms with E-state index in [2.05, 4.69) is 21.4 Å². The second-order valence-corrected chi connectivity index (χ2v) is 9.22. The standard InChI is InChI=1S/C25H25N5O3S/c1-17(18-5-4-9-27-15-18)13-23(31)29-24-21(14-26)20-7-11-30(16-22(20)34-24)25(32)33-12-8-19-6-2-3-10-28-19/h2-6,9-10,15,17H,7-8,11-13,16H2,1H3,(H,29,31)/t17-/m0/s1. The van der Waals surface area contributed by atoms with Crippen molar-refractivity contribution in [2.24, 2.45) is 0 Å². The Bertz CT molecular complexity index is 1190. The van der Waals surface area contributed by atoms with Crippen LogP contribution < -0.4 is 5.32 Å². The molecule has 1 aliphatic heterocycles. The fraction of sp³-hybridized carbons (Fsp3) is 0.320.